The van der Waals surface area contributed by atoms with Crippen LogP contribution in [-0.4, -0.2) is 56.1 Å². The Morgan fingerprint density at radius 3 is 2.93 bits per heavy atom. The fraction of sp³-hybridized carbons (Fsp3) is 0.421. The van der Waals surface area contributed by atoms with Gasteiger partial charge in [-0.15, -0.1) is 0 Å². The zero-order valence-electron chi connectivity index (χ0n) is 16.3. The number of anilines is 3. The van der Waals surface area contributed by atoms with Crippen LogP contribution in [0.3, 0.4) is 0 Å². The first-order valence-corrected chi connectivity index (χ1v) is 9.55. The van der Waals surface area contributed by atoms with E-state index in [1.165, 1.54) is 0 Å². The average Bonchev–Trinajstić information content (AvgIpc) is 3.34. The first-order chi connectivity index (χ1) is 14.1. The number of nitrogens with one attached hydrogen (secondary N) is 3. The zero-order chi connectivity index (χ0) is 20.4. The van der Waals surface area contributed by atoms with Crippen molar-refractivity contribution < 1.29 is 14.9 Å². The zero-order valence-corrected chi connectivity index (χ0v) is 16.3. The molecule has 0 aliphatic heterocycles. The Balaban J connectivity index is 1.67. The van der Waals surface area contributed by atoms with Crippen molar-refractivity contribution in [1.29, 1.82) is 0 Å². The monoisotopic (exact) mass is 399 g/mol. The molecule has 0 aromatic carbocycles. The number of aromatic nitrogens is 4. The van der Waals surface area contributed by atoms with E-state index in [0.717, 1.165) is 19.3 Å². The lowest BCUT2D eigenvalue weighted by molar-refractivity contribution is 0.0796. The van der Waals surface area contributed by atoms with Gasteiger partial charge in [-0.25, -0.2) is 9.97 Å². The van der Waals surface area contributed by atoms with Crippen LogP contribution in [0.5, 0.6) is 5.88 Å². The molecule has 10 heteroatoms. The number of ether oxygens (including phenoxy) is 1. The highest BCUT2D eigenvalue weighted by Crippen LogP contribution is 2.28. The van der Waals surface area contributed by atoms with Gasteiger partial charge in [0.15, 0.2) is 5.65 Å². The van der Waals surface area contributed by atoms with Crippen LogP contribution in [0.25, 0.3) is 5.65 Å². The topological polar surface area (TPSA) is 129 Å². The summed E-state index contributed by atoms with van der Waals surface area (Å²) in [6, 6.07) is 5.29. The van der Waals surface area contributed by atoms with Gasteiger partial charge in [0.05, 0.1) is 25.0 Å². The number of methoxy groups -OCH3 is 1. The van der Waals surface area contributed by atoms with Crippen LogP contribution in [0.4, 0.5) is 17.3 Å². The number of aliphatic hydroxyl groups is 2. The van der Waals surface area contributed by atoms with Gasteiger partial charge in [-0.1, -0.05) is 0 Å². The van der Waals surface area contributed by atoms with Crippen molar-refractivity contribution in [2.75, 3.05) is 24.8 Å². The molecule has 1 fully saturated rings. The van der Waals surface area contributed by atoms with Crippen molar-refractivity contribution in [1.82, 2.24) is 24.9 Å². The normalized spacial score (nSPS) is 20.0. The second-order valence-corrected chi connectivity index (χ2v) is 6.97. The van der Waals surface area contributed by atoms with Crippen molar-refractivity contribution in [2.24, 2.45) is 0 Å². The minimum atomic E-state index is -0.995. The average molecular weight is 399 g/mol. The molecular formula is C19H25N7O3. The van der Waals surface area contributed by atoms with E-state index in [4.69, 9.17) is 4.74 Å². The van der Waals surface area contributed by atoms with Gasteiger partial charge in [0.2, 0.25) is 5.88 Å². The van der Waals surface area contributed by atoms with E-state index >= 15 is 0 Å². The van der Waals surface area contributed by atoms with Crippen molar-refractivity contribution in [3.05, 3.63) is 36.2 Å². The standard InChI is InChI=1S/C19H25N7O3/c1-20-16-9-15(23-13-6-4-8-21-19(13)29-2)25-17-11(10-22-26(16)17)18(28)24-12-5-3-7-14(12)27/h4,6,8-10,12,14,18,20,24,27-28H,3,5,7H2,1-2H3,(H,23,25)/t12-,14-,18?/m0/s1. The maximum Gasteiger partial charge on any atom is 0.237 e. The van der Waals surface area contributed by atoms with Crippen LogP contribution in [0.1, 0.15) is 31.1 Å². The Labute approximate surface area is 167 Å². The van der Waals surface area contributed by atoms with Gasteiger partial charge in [0, 0.05) is 25.4 Å². The van der Waals surface area contributed by atoms with Gasteiger partial charge in [-0.05, 0) is 31.4 Å². The third kappa shape index (κ3) is 3.82. The van der Waals surface area contributed by atoms with E-state index in [-0.39, 0.29) is 6.04 Å². The predicted molar refractivity (Wildman–Crippen MR) is 108 cm³/mol. The smallest absolute Gasteiger partial charge is 0.237 e. The molecule has 3 aromatic heterocycles. The number of hydrogen-bond donors (Lipinski definition) is 5. The summed E-state index contributed by atoms with van der Waals surface area (Å²) >= 11 is 0. The van der Waals surface area contributed by atoms with E-state index < -0.39 is 12.3 Å². The summed E-state index contributed by atoms with van der Waals surface area (Å²) in [5, 5.41) is 34.5. The van der Waals surface area contributed by atoms with Crippen LogP contribution >= 0.6 is 0 Å². The fourth-order valence-corrected chi connectivity index (χ4v) is 3.63. The summed E-state index contributed by atoms with van der Waals surface area (Å²) < 4.78 is 6.91. The second kappa shape index (κ2) is 8.19. The van der Waals surface area contributed by atoms with E-state index in [1.807, 2.05) is 6.07 Å². The molecule has 10 nitrogen and oxygen atoms in total. The van der Waals surface area contributed by atoms with Gasteiger partial charge in [0.25, 0.3) is 0 Å². The van der Waals surface area contributed by atoms with Gasteiger partial charge in [-0.3, -0.25) is 5.32 Å². The highest BCUT2D eigenvalue weighted by atomic mass is 16.5. The Kier molecular flexibility index (Phi) is 5.47. The molecule has 1 aliphatic rings. The molecule has 0 saturated heterocycles. The number of rotatable bonds is 7. The molecule has 1 unspecified atom stereocenters. The summed E-state index contributed by atoms with van der Waals surface area (Å²) in [6.45, 7) is 0. The molecule has 0 spiro atoms. The lowest BCUT2D eigenvalue weighted by atomic mass is 10.2. The predicted octanol–water partition coefficient (Wildman–Crippen LogP) is 1.41. The van der Waals surface area contributed by atoms with Crippen LogP contribution in [0, 0.1) is 0 Å². The van der Waals surface area contributed by atoms with Crippen LogP contribution in [-0.2, 0) is 0 Å². The van der Waals surface area contributed by atoms with Gasteiger partial charge < -0.3 is 25.6 Å². The molecule has 1 saturated carbocycles. The van der Waals surface area contributed by atoms with Crippen molar-refractivity contribution in [3.63, 3.8) is 0 Å². The number of aliphatic hydroxyl groups excluding tert-OH is 2. The molecular weight excluding hydrogens is 374 g/mol. The number of hydrogen-bond acceptors (Lipinski definition) is 9. The Hall–Kier alpha value is -2.95. The SMILES string of the molecule is CNc1cc(Nc2cccnc2OC)nc2c(C(O)N[C@H]3CCC[C@@H]3O)cnn12. The Bertz CT molecular complexity index is 993. The molecule has 0 bridgehead atoms. The summed E-state index contributed by atoms with van der Waals surface area (Å²) in [5.41, 5.74) is 1.69. The first kappa shape index (κ1) is 19.4. The molecule has 3 heterocycles. The first-order valence-electron chi connectivity index (χ1n) is 9.55. The third-order valence-electron chi connectivity index (χ3n) is 5.13. The minimum absolute atomic E-state index is 0.148. The van der Waals surface area contributed by atoms with Gasteiger partial charge in [-0.2, -0.15) is 9.61 Å². The molecule has 154 valence electrons. The van der Waals surface area contributed by atoms with E-state index in [9.17, 15) is 10.2 Å². The summed E-state index contributed by atoms with van der Waals surface area (Å²) in [7, 11) is 3.34. The van der Waals surface area contributed by atoms with Crippen molar-refractivity contribution >= 4 is 23.0 Å². The molecule has 1 aliphatic carbocycles. The Morgan fingerprint density at radius 2 is 2.21 bits per heavy atom. The van der Waals surface area contributed by atoms with E-state index in [0.29, 0.717) is 34.4 Å². The molecule has 0 amide bonds. The lowest BCUT2D eigenvalue weighted by Gasteiger charge is -2.20. The Morgan fingerprint density at radius 1 is 1.34 bits per heavy atom. The molecule has 3 atom stereocenters. The van der Waals surface area contributed by atoms with Crippen molar-refractivity contribution in [2.45, 2.75) is 37.6 Å². The van der Waals surface area contributed by atoms with Gasteiger partial charge >= 0.3 is 0 Å². The molecule has 4 rings (SSSR count). The van der Waals surface area contributed by atoms with Crippen LogP contribution in [0.15, 0.2) is 30.6 Å². The third-order valence-corrected chi connectivity index (χ3v) is 5.13. The minimum Gasteiger partial charge on any atom is -0.480 e. The van der Waals surface area contributed by atoms with Crippen LogP contribution in [0.2, 0.25) is 0 Å². The number of fused-ring (bicyclic) bond motifs is 1. The number of nitrogens with zero attached hydrogens (tertiary/aromatic N) is 4. The summed E-state index contributed by atoms with van der Waals surface area (Å²) in [4.78, 5) is 8.81. The van der Waals surface area contributed by atoms with Crippen molar-refractivity contribution in [3.8, 4) is 5.88 Å². The van der Waals surface area contributed by atoms with E-state index in [2.05, 4.69) is 31.0 Å². The maximum atomic E-state index is 10.7. The highest BCUT2D eigenvalue weighted by Gasteiger charge is 2.28. The molecule has 0 radical (unpaired) electrons. The quantitative estimate of drug-likeness (QED) is 0.375. The molecule has 3 aromatic rings. The fourth-order valence-electron chi connectivity index (χ4n) is 3.63. The number of pyridine rings is 1. The summed E-state index contributed by atoms with van der Waals surface area (Å²) in [5.74, 6) is 1.69. The molecule has 5 N–H and O–H groups in total. The van der Waals surface area contributed by atoms with Crippen LogP contribution < -0.4 is 20.7 Å². The highest BCUT2D eigenvalue weighted by molar-refractivity contribution is 5.67. The summed E-state index contributed by atoms with van der Waals surface area (Å²) in [6.07, 6.45) is 4.27. The largest absolute Gasteiger partial charge is 0.480 e. The second-order valence-electron chi connectivity index (χ2n) is 6.97. The van der Waals surface area contributed by atoms with Gasteiger partial charge in [0.1, 0.15) is 23.6 Å². The lowest BCUT2D eigenvalue weighted by Crippen LogP contribution is -2.38. The van der Waals surface area contributed by atoms with E-state index in [1.54, 1.807) is 43.2 Å². The molecule has 29 heavy (non-hydrogen) atoms. The maximum absolute atomic E-state index is 10.7.